The molecule has 3 rings (SSSR count). The number of hydrogen-bond acceptors (Lipinski definition) is 4. The van der Waals surface area contributed by atoms with Crippen LogP contribution in [0.2, 0.25) is 0 Å². The molecule has 2 aromatic carbocycles. The summed E-state index contributed by atoms with van der Waals surface area (Å²) < 4.78 is 12.0. The van der Waals surface area contributed by atoms with Gasteiger partial charge in [-0.3, -0.25) is 9.69 Å². The minimum atomic E-state index is -0.241. The molecule has 1 amide bonds. The number of likely N-dealkylation sites (N-methyl/N-ethyl adjacent to an activating group) is 1. The summed E-state index contributed by atoms with van der Waals surface area (Å²) in [5, 5.41) is 0. The van der Waals surface area contributed by atoms with Gasteiger partial charge in [-0.05, 0) is 36.4 Å². The lowest BCUT2D eigenvalue weighted by Gasteiger charge is -2.13. The first-order valence-electron chi connectivity index (χ1n) is 6.64. The highest BCUT2D eigenvalue weighted by atomic mass is 79.9. The monoisotopic (exact) mass is 360 g/mol. The molecule has 0 aliphatic heterocycles. The number of carbonyl (C=O) groups excluding carboxylic acids is 1. The zero-order chi connectivity index (χ0) is 15.5. The van der Waals surface area contributed by atoms with E-state index < -0.39 is 0 Å². The largest absolute Gasteiger partial charge is 0.484 e. The fourth-order valence-corrected chi connectivity index (χ4v) is 2.15. The van der Waals surface area contributed by atoms with Crippen molar-refractivity contribution >= 4 is 39.0 Å². The van der Waals surface area contributed by atoms with Crippen LogP contribution < -0.4 is 9.64 Å². The Labute approximate surface area is 135 Å². The number of oxazole rings is 1. The van der Waals surface area contributed by atoms with Gasteiger partial charge in [0.15, 0.2) is 12.2 Å². The number of ether oxygens (including phenoxy) is 1. The summed E-state index contributed by atoms with van der Waals surface area (Å²) in [6.07, 6.45) is 0. The standard InChI is InChI=1S/C16H13BrN2O3/c1-19(16-18-13-4-2-3-5-14(13)22-16)15(20)10-21-12-8-6-11(17)7-9-12/h2-9H,10H2,1H3. The number of amides is 1. The van der Waals surface area contributed by atoms with Crippen molar-refractivity contribution < 1.29 is 13.9 Å². The Balaban J connectivity index is 1.67. The summed E-state index contributed by atoms with van der Waals surface area (Å²) in [4.78, 5) is 17.8. The average molecular weight is 361 g/mol. The Kier molecular flexibility index (Phi) is 4.11. The first-order chi connectivity index (χ1) is 10.6. The van der Waals surface area contributed by atoms with Gasteiger partial charge in [-0.2, -0.15) is 4.98 Å². The highest BCUT2D eigenvalue weighted by Crippen LogP contribution is 2.21. The number of nitrogens with zero attached hydrogens (tertiary/aromatic N) is 2. The minimum Gasteiger partial charge on any atom is -0.484 e. The molecule has 3 aromatic rings. The van der Waals surface area contributed by atoms with E-state index >= 15 is 0 Å². The Morgan fingerprint density at radius 1 is 1.23 bits per heavy atom. The summed E-state index contributed by atoms with van der Waals surface area (Å²) in [6.45, 7) is -0.0865. The van der Waals surface area contributed by atoms with E-state index in [1.165, 1.54) is 4.90 Å². The van der Waals surface area contributed by atoms with E-state index in [1.807, 2.05) is 36.4 Å². The Bertz CT molecular complexity index is 766. The van der Waals surface area contributed by atoms with Crippen molar-refractivity contribution in [1.29, 1.82) is 0 Å². The molecule has 0 saturated carbocycles. The molecule has 1 aromatic heterocycles. The quantitative estimate of drug-likeness (QED) is 0.712. The van der Waals surface area contributed by atoms with Gasteiger partial charge in [-0.1, -0.05) is 28.1 Å². The molecule has 0 spiro atoms. The van der Waals surface area contributed by atoms with E-state index in [0.29, 0.717) is 16.8 Å². The second-order valence-electron chi connectivity index (χ2n) is 4.66. The van der Waals surface area contributed by atoms with E-state index in [0.717, 1.165) is 4.47 Å². The molecule has 6 heteroatoms. The third kappa shape index (κ3) is 3.12. The molecule has 5 nitrogen and oxygen atoms in total. The van der Waals surface area contributed by atoms with Crippen LogP contribution in [-0.4, -0.2) is 24.5 Å². The number of hydrogen-bond donors (Lipinski definition) is 0. The lowest BCUT2D eigenvalue weighted by Crippen LogP contribution is -2.31. The highest BCUT2D eigenvalue weighted by molar-refractivity contribution is 9.10. The average Bonchev–Trinajstić information content (AvgIpc) is 2.97. The number of benzene rings is 2. The second-order valence-corrected chi connectivity index (χ2v) is 5.58. The van der Waals surface area contributed by atoms with Gasteiger partial charge in [-0.25, -0.2) is 0 Å². The fourth-order valence-electron chi connectivity index (χ4n) is 1.88. The van der Waals surface area contributed by atoms with Crippen LogP contribution in [0.15, 0.2) is 57.4 Å². The van der Waals surface area contributed by atoms with Crippen molar-refractivity contribution in [2.45, 2.75) is 0 Å². The summed E-state index contributed by atoms with van der Waals surface area (Å²) in [5.41, 5.74) is 1.36. The van der Waals surface area contributed by atoms with E-state index in [1.54, 1.807) is 19.2 Å². The maximum absolute atomic E-state index is 12.2. The van der Waals surface area contributed by atoms with Gasteiger partial charge >= 0.3 is 6.01 Å². The molecule has 0 unspecified atom stereocenters. The van der Waals surface area contributed by atoms with Crippen molar-refractivity contribution in [2.24, 2.45) is 0 Å². The molecule has 0 fully saturated rings. The van der Waals surface area contributed by atoms with Gasteiger partial charge in [0.2, 0.25) is 0 Å². The maximum Gasteiger partial charge on any atom is 0.305 e. The van der Waals surface area contributed by atoms with Crippen LogP contribution in [0.5, 0.6) is 5.75 Å². The van der Waals surface area contributed by atoms with Crippen LogP contribution in [-0.2, 0) is 4.79 Å². The van der Waals surface area contributed by atoms with Crippen molar-refractivity contribution in [3.05, 3.63) is 53.0 Å². The van der Waals surface area contributed by atoms with Crippen molar-refractivity contribution in [1.82, 2.24) is 4.98 Å². The zero-order valence-corrected chi connectivity index (χ0v) is 13.4. The number of carbonyl (C=O) groups is 1. The lowest BCUT2D eigenvalue weighted by atomic mass is 10.3. The zero-order valence-electron chi connectivity index (χ0n) is 11.8. The third-order valence-corrected chi connectivity index (χ3v) is 3.65. The normalized spacial score (nSPS) is 10.6. The van der Waals surface area contributed by atoms with E-state index in [2.05, 4.69) is 20.9 Å². The second kappa shape index (κ2) is 6.19. The molecule has 22 heavy (non-hydrogen) atoms. The molecule has 112 valence electrons. The molecular weight excluding hydrogens is 348 g/mol. The number of fused-ring (bicyclic) bond motifs is 1. The smallest absolute Gasteiger partial charge is 0.305 e. The molecular formula is C16H13BrN2O3. The van der Waals surface area contributed by atoms with Crippen molar-refractivity contribution in [2.75, 3.05) is 18.6 Å². The number of anilines is 1. The number of halogens is 1. The molecule has 1 heterocycles. The van der Waals surface area contributed by atoms with Gasteiger partial charge in [0.25, 0.3) is 5.91 Å². The minimum absolute atomic E-state index is 0.0865. The number of para-hydroxylation sites is 2. The third-order valence-electron chi connectivity index (χ3n) is 3.12. The Morgan fingerprint density at radius 3 is 2.68 bits per heavy atom. The van der Waals surface area contributed by atoms with Crippen LogP contribution in [0, 0.1) is 0 Å². The van der Waals surface area contributed by atoms with Crippen molar-refractivity contribution in [3.8, 4) is 5.75 Å². The first kappa shape index (κ1) is 14.6. The topological polar surface area (TPSA) is 55.6 Å². The van der Waals surface area contributed by atoms with Gasteiger partial charge in [0.1, 0.15) is 11.3 Å². The van der Waals surface area contributed by atoms with Gasteiger partial charge in [-0.15, -0.1) is 0 Å². The maximum atomic E-state index is 12.2. The van der Waals surface area contributed by atoms with Crippen LogP contribution in [0.25, 0.3) is 11.1 Å². The molecule has 0 radical (unpaired) electrons. The van der Waals surface area contributed by atoms with Crippen LogP contribution in [0.4, 0.5) is 6.01 Å². The Hall–Kier alpha value is -2.34. The predicted octanol–water partition coefficient (Wildman–Crippen LogP) is 3.63. The highest BCUT2D eigenvalue weighted by Gasteiger charge is 2.17. The Morgan fingerprint density at radius 2 is 1.95 bits per heavy atom. The van der Waals surface area contributed by atoms with E-state index in [9.17, 15) is 4.79 Å². The van der Waals surface area contributed by atoms with Crippen molar-refractivity contribution in [3.63, 3.8) is 0 Å². The summed E-state index contributed by atoms with van der Waals surface area (Å²) >= 11 is 3.34. The van der Waals surface area contributed by atoms with Gasteiger partial charge in [0.05, 0.1) is 0 Å². The molecule has 0 N–H and O–H groups in total. The summed E-state index contributed by atoms with van der Waals surface area (Å²) in [7, 11) is 1.61. The molecule has 0 atom stereocenters. The van der Waals surface area contributed by atoms with Crippen LogP contribution in [0.1, 0.15) is 0 Å². The fraction of sp³-hybridized carbons (Fsp3) is 0.125. The van der Waals surface area contributed by atoms with E-state index in [-0.39, 0.29) is 18.5 Å². The lowest BCUT2D eigenvalue weighted by molar-refractivity contribution is -0.120. The summed E-state index contributed by atoms with van der Waals surface area (Å²) in [6, 6.07) is 14.9. The molecule has 0 bridgehead atoms. The molecule has 0 aliphatic rings. The van der Waals surface area contributed by atoms with Crippen LogP contribution in [0.3, 0.4) is 0 Å². The number of aromatic nitrogens is 1. The van der Waals surface area contributed by atoms with Gasteiger partial charge < -0.3 is 9.15 Å². The molecule has 0 aliphatic carbocycles. The SMILES string of the molecule is CN(C(=O)COc1ccc(Br)cc1)c1nc2ccccc2o1. The van der Waals surface area contributed by atoms with Gasteiger partial charge in [0, 0.05) is 11.5 Å². The van der Waals surface area contributed by atoms with E-state index in [4.69, 9.17) is 9.15 Å². The first-order valence-corrected chi connectivity index (χ1v) is 7.43. The molecule has 0 saturated heterocycles. The number of rotatable bonds is 4. The summed E-state index contributed by atoms with van der Waals surface area (Å²) in [5.74, 6) is 0.386. The van der Waals surface area contributed by atoms with Crippen LogP contribution >= 0.6 is 15.9 Å². The predicted molar refractivity (Wildman–Crippen MR) is 87.1 cm³/mol.